The second kappa shape index (κ2) is 5.69. The lowest BCUT2D eigenvalue weighted by Crippen LogP contribution is -2.43. The lowest BCUT2D eigenvalue weighted by Gasteiger charge is -2.16. The van der Waals surface area contributed by atoms with Crippen molar-refractivity contribution in [3.8, 4) is 0 Å². The van der Waals surface area contributed by atoms with Gasteiger partial charge >= 0.3 is 11.9 Å². The first-order chi connectivity index (χ1) is 9.62. The van der Waals surface area contributed by atoms with Crippen LogP contribution < -0.4 is 0 Å². The van der Waals surface area contributed by atoms with Gasteiger partial charge in [0.1, 0.15) is 0 Å². The molecule has 5 heteroatoms. The first-order valence-corrected chi connectivity index (χ1v) is 6.16. The molecule has 1 aliphatic rings. The van der Waals surface area contributed by atoms with E-state index in [1.54, 1.807) is 0 Å². The predicted molar refractivity (Wildman–Crippen MR) is 73.2 cm³/mol. The van der Waals surface area contributed by atoms with Gasteiger partial charge in [0.15, 0.2) is 5.90 Å². The van der Waals surface area contributed by atoms with Gasteiger partial charge in [-0.25, -0.2) is 14.6 Å². The summed E-state index contributed by atoms with van der Waals surface area (Å²) in [7, 11) is 1.21. The summed E-state index contributed by atoms with van der Waals surface area (Å²) >= 11 is 0. The van der Waals surface area contributed by atoms with Crippen LogP contribution in [0.5, 0.6) is 0 Å². The third-order valence-corrected chi connectivity index (χ3v) is 3.02. The van der Waals surface area contributed by atoms with Gasteiger partial charge < -0.3 is 9.47 Å². The molecular formula is C15H15NO4. The summed E-state index contributed by atoms with van der Waals surface area (Å²) in [5.41, 5.74) is -0.695. The summed E-state index contributed by atoms with van der Waals surface area (Å²) in [5, 5.41) is 0. The second-order valence-corrected chi connectivity index (χ2v) is 4.40. The fraction of sp³-hybridized carbons (Fsp3) is 0.267. The maximum absolute atomic E-state index is 12.0. The molecule has 2 rings (SSSR count). The highest BCUT2D eigenvalue weighted by molar-refractivity contribution is 6.14. The molecule has 1 aromatic rings. The van der Waals surface area contributed by atoms with Gasteiger partial charge in [0.2, 0.25) is 0 Å². The van der Waals surface area contributed by atoms with Crippen LogP contribution in [0.2, 0.25) is 0 Å². The number of hydrogen-bond acceptors (Lipinski definition) is 5. The van der Waals surface area contributed by atoms with Crippen LogP contribution in [0.25, 0.3) is 0 Å². The monoisotopic (exact) mass is 273 g/mol. The Labute approximate surface area is 116 Å². The summed E-state index contributed by atoms with van der Waals surface area (Å²) in [4.78, 5) is 28.0. The summed E-state index contributed by atoms with van der Waals surface area (Å²) < 4.78 is 9.78. The summed E-state index contributed by atoms with van der Waals surface area (Å²) in [5.74, 6) is -1.23. The number of ether oxygens (including phenoxy) is 2. The normalized spacial score (nSPS) is 21.1. The van der Waals surface area contributed by atoms with Gasteiger partial charge in [0.05, 0.1) is 7.11 Å². The van der Waals surface area contributed by atoms with Gasteiger partial charge in [-0.1, -0.05) is 36.4 Å². The fourth-order valence-electron chi connectivity index (χ4n) is 2.04. The molecule has 0 N–H and O–H groups in total. The van der Waals surface area contributed by atoms with Crippen LogP contribution in [-0.4, -0.2) is 30.5 Å². The first kappa shape index (κ1) is 14.0. The third kappa shape index (κ3) is 2.47. The number of rotatable bonds is 5. The van der Waals surface area contributed by atoms with E-state index in [4.69, 9.17) is 4.74 Å². The Bertz CT molecular complexity index is 564. The molecule has 0 saturated carbocycles. The molecule has 5 nitrogen and oxygen atoms in total. The Morgan fingerprint density at radius 1 is 1.45 bits per heavy atom. The number of methoxy groups -OCH3 is 1. The molecule has 1 aromatic carbocycles. The van der Waals surface area contributed by atoms with Gasteiger partial charge in [-0.2, -0.15) is 0 Å². The van der Waals surface area contributed by atoms with E-state index in [2.05, 4.69) is 16.3 Å². The molecular weight excluding hydrogens is 258 g/mol. The van der Waals surface area contributed by atoms with Gasteiger partial charge in [0.25, 0.3) is 5.54 Å². The smallest absolute Gasteiger partial charge is 0.352 e. The lowest BCUT2D eigenvalue weighted by molar-refractivity contribution is -0.155. The van der Waals surface area contributed by atoms with E-state index in [0.29, 0.717) is 6.42 Å². The van der Waals surface area contributed by atoms with Crippen molar-refractivity contribution < 1.29 is 19.1 Å². The topological polar surface area (TPSA) is 65.0 Å². The van der Waals surface area contributed by atoms with Crippen molar-refractivity contribution in [1.29, 1.82) is 0 Å². The van der Waals surface area contributed by atoms with Crippen LogP contribution >= 0.6 is 0 Å². The number of carbonyl (C=O) groups is 2. The number of hydrogen-bond donors (Lipinski definition) is 0. The van der Waals surface area contributed by atoms with Gasteiger partial charge in [0, 0.05) is 12.8 Å². The van der Waals surface area contributed by atoms with Gasteiger partial charge in [-0.3, -0.25) is 0 Å². The van der Waals surface area contributed by atoms with Crippen molar-refractivity contribution >= 4 is 17.8 Å². The van der Waals surface area contributed by atoms with Gasteiger partial charge in [-0.15, -0.1) is 6.58 Å². The van der Waals surface area contributed by atoms with Crippen molar-refractivity contribution in [3.63, 3.8) is 0 Å². The Morgan fingerprint density at radius 3 is 2.75 bits per heavy atom. The van der Waals surface area contributed by atoms with Crippen LogP contribution in [0.3, 0.4) is 0 Å². The molecule has 1 unspecified atom stereocenters. The molecule has 1 heterocycles. The fourth-order valence-corrected chi connectivity index (χ4v) is 2.04. The largest absolute Gasteiger partial charge is 0.467 e. The molecule has 104 valence electrons. The average Bonchev–Trinajstić information content (AvgIpc) is 2.76. The molecule has 1 atom stereocenters. The minimum Gasteiger partial charge on any atom is -0.467 e. The SMILES string of the molecule is C=CCC1(C(=O)OC)N=C(Cc2ccccc2)OC1=O. The minimum atomic E-state index is -1.64. The average molecular weight is 273 g/mol. The summed E-state index contributed by atoms with van der Waals surface area (Å²) in [6.07, 6.45) is 1.85. The molecule has 0 radical (unpaired) electrons. The van der Waals surface area contributed by atoms with Crippen LogP contribution in [0, 0.1) is 0 Å². The molecule has 0 spiro atoms. The highest BCUT2D eigenvalue weighted by atomic mass is 16.6. The van der Waals surface area contributed by atoms with Crippen LogP contribution in [-0.2, 0) is 25.5 Å². The van der Waals surface area contributed by atoms with Crippen molar-refractivity contribution in [3.05, 3.63) is 48.6 Å². The van der Waals surface area contributed by atoms with E-state index in [9.17, 15) is 9.59 Å². The molecule has 0 fully saturated rings. The van der Waals surface area contributed by atoms with Crippen LogP contribution in [0.15, 0.2) is 48.0 Å². The Morgan fingerprint density at radius 2 is 2.15 bits per heavy atom. The lowest BCUT2D eigenvalue weighted by atomic mass is 9.97. The van der Waals surface area contributed by atoms with Crippen molar-refractivity contribution in [2.24, 2.45) is 4.99 Å². The van der Waals surface area contributed by atoms with E-state index in [0.717, 1.165) is 5.56 Å². The van der Waals surface area contributed by atoms with E-state index in [1.165, 1.54) is 13.2 Å². The van der Waals surface area contributed by atoms with E-state index in [1.807, 2.05) is 30.3 Å². The van der Waals surface area contributed by atoms with E-state index < -0.39 is 17.5 Å². The molecule has 1 aliphatic heterocycles. The number of cyclic esters (lactones) is 1. The van der Waals surface area contributed by atoms with E-state index in [-0.39, 0.29) is 12.3 Å². The van der Waals surface area contributed by atoms with E-state index >= 15 is 0 Å². The minimum absolute atomic E-state index is 0.0524. The number of aliphatic imine (C=N–C) groups is 1. The summed E-state index contributed by atoms with van der Waals surface area (Å²) in [6.45, 7) is 3.54. The standard InChI is InChI=1S/C15H15NO4/c1-3-9-15(13(17)19-2)14(18)20-12(16-15)10-11-7-5-4-6-8-11/h3-8H,1,9-10H2,2H3. The summed E-state index contributed by atoms with van der Waals surface area (Å²) in [6, 6.07) is 9.43. The van der Waals surface area contributed by atoms with Gasteiger partial charge in [-0.05, 0) is 5.56 Å². The maximum atomic E-state index is 12.0. The second-order valence-electron chi connectivity index (χ2n) is 4.40. The highest BCUT2D eigenvalue weighted by Gasteiger charge is 2.52. The number of carbonyl (C=O) groups excluding carboxylic acids is 2. The number of esters is 2. The third-order valence-electron chi connectivity index (χ3n) is 3.02. The molecule has 0 bridgehead atoms. The van der Waals surface area contributed by atoms with Crippen LogP contribution in [0.1, 0.15) is 12.0 Å². The molecule has 20 heavy (non-hydrogen) atoms. The maximum Gasteiger partial charge on any atom is 0.352 e. The molecule has 0 amide bonds. The predicted octanol–water partition coefficient (Wildman–Crippen LogP) is 1.67. The zero-order chi connectivity index (χ0) is 14.6. The van der Waals surface area contributed by atoms with Crippen molar-refractivity contribution in [1.82, 2.24) is 0 Å². The molecule has 0 aliphatic carbocycles. The van der Waals surface area contributed by atoms with Crippen molar-refractivity contribution in [2.75, 3.05) is 7.11 Å². The Kier molecular flexibility index (Phi) is 3.98. The number of benzene rings is 1. The zero-order valence-corrected chi connectivity index (χ0v) is 11.2. The highest BCUT2D eigenvalue weighted by Crippen LogP contribution is 2.27. The molecule has 0 aromatic heterocycles. The first-order valence-electron chi connectivity index (χ1n) is 6.16. The quantitative estimate of drug-likeness (QED) is 0.465. The molecule has 0 saturated heterocycles. The van der Waals surface area contributed by atoms with Crippen LogP contribution in [0.4, 0.5) is 0 Å². The Hall–Kier alpha value is -2.43. The Balaban J connectivity index is 2.28. The number of nitrogens with zero attached hydrogens (tertiary/aromatic N) is 1. The van der Waals surface area contributed by atoms with Crippen molar-refractivity contribution in [2.45, 2.75) is 18.4 Å². The zero-order valence-electron chi connectivity index (χ0n) is 11.2.